The van der Waals surface area contributed by atoms with Gasteiger partial charge in [0.1, 0.15) is 10.6 Å². The number of carbonyl (C=O) groups excluding carboxylic acids is 2. The minimum atomic E-state index is -4.13. The standard InChI is InChI=1S/C31H35NO5S/c1-6-32-22-16-30(2,3)18-24(33)28(22)27(29-23(32)17-31(4,5)19-25(29)34)21-14-10-11-15-26(21)37-38(35,36)20-12-8-7-9-13-20/h7-15,27H,6,16-19H2,1-5H3. The lowest BCUT2D eigenvalue weighted by molar-refractivity contribution is -0.119. The SMILES string of the molecule is CCN1C2=C(C(=O)CC(C)(C)C2)C(c2ccccc2OS(=O)(=O)c2ccccc2)C2=C1CC(C)(C)CC2=O. The van der Waals surface area contributed by atoms with Crippen molar-refractivity contribution in [1.29, 1.82) is 0 Å². The van der Waals surface area contributed by atoms with Crippen LogP contribution < -0.4 is 4.18 Å². The number of allylic oxidation sites excluding steroid dienone is 4. The molecule has 0 N–H and O–H groups in total. The van der Waals surface area contributed by atoms with Crippen LogP contribution in [0.5, 0.6) is 5.75 Å². The zero-order valence-electron chi connectivity index (χ0n) is 22.7. The summed E-state index contributed by atoms with van der Waals surface area (Å²) in [5.74, 6) is -0.522. The highest BCUT2D eigenvalue weighted by Crippen LogP contribution is 2.55. The van der Waals surface area contributed by atoms with E-state index in [4.69, 9.17) is 4.18 Å². The Bertz CT molecular complexity index is 1430. The van der Waals surface area contributed by atoms with Gasteiger partial charge >= 0.3 is 10.1 Å². The molecule has 0 fully saturated rings. The molecule has 0 unspecified atom stereocenters. The molecule has 6 nitrogen and oxygen atoms in total. The van der Waals surface area contributed by atoms with Crippen molar-refractivity contribution in [3.05, 3.63) is 82.7 Å². The van der Waals surface area contributed by atoms with Crippen molar-refractivity contribution in [2.75, 3.05) is 6.54 Å². The lowest BCUT2D eigenvalue weighted by atomic mass is 9.63. The quantitative estimate of drug-likeness (QED) is 0.428. The van der Waals surface area contributed by atoms with Gasteiger partial charge in [-0.2, -0.15) is 8.42 Å². The van der Waals surface area contributed by atoms with Crippen molar-refractivity contribution >= 4 is 21.7 Å². The molecule has 200 valence electrons. The highest BCUT2D eigenvalue weighted by Gasteiger charge is 2.49. The van der Waals surface area contributed by atoms with Crippen LogP contribution >= 0.6 is 0 Å². The molecule has 2 aromatic rings. The number of benzene rings is 2. The van der Waals surface area contributed by atoms with Crippen LogP contribution in [0.15, 0.2) is 82.0 Å². The topological polar surface area (TPSA) is 80.8 Å². The van der Waals surface area contributed by atoms with Gasteiger partial charge in [0.25, 0.3) is 0 Å². The number of rotatable bonds is 5. The van der Waals surface area contributed by atoms with E-state index in [0.29, 0.717) is 48.9 Å². The van der Waals surface area contributed by atoms with Gasteiger partial charge in [-0.1, -0.05) is 64.1 Å². The summed E-state index contributed by atoms with van der Waals surface area (Å²) in [6.07, 6.45) is 2.14. The maximum Gasteiger partial charge on any atom is 0.339 e. The van der Waals surface area contributed by atoms with Crippen LogP contribution in [0.1, 0.15) is 71.8 Å². The Morgan fingerprint density at radius 3 is 1.82 bits per heavy atom. The van der Waals surface area contributed by atoms with Gasteiger partial charge in [-0.25, -0.2) is 0 Å². The van der Waals surface area contributed by atoms with Gasteiger partial charge in [0.15, 0.2) is 11.6 Å². The molecular formula is C31H35NO5S. The average molecular weight is 534 g/mol. The lowest BCUT2D eigenvalue weighted by Crippen LogP contribution is -2.44. The van der Waals surface area contributed by atoms with Crippen LogP contribution in [-0.4, -0.2) is 31.4 Å². The summed E-state index contributed by atoms with van der Waals surface area (Å²) in [5.41, 5.74) is 3.20. The van der Waals surface area contributed by atoms with E-state index < -0.39 is 16.0 Å². The van der Waals surface area contributed by atoms with Crippen molar-refractivity contribution in [3.8, 4) is 5.75 Å². The van der Waals surface area contributed by atoms with E-state index in [1.165, 1.54) is 12.1 Å². The average Bonchev–Trinajstić information content (AvgIpc) is 2.82. The molecule has 38 heavy (non-hydrogen) atoms. The molecule has 0 saturated carbocycles. The molecule has 0 spiro atoms. The minimum absolute atomic E-state index is 0.00426. The van der Waals surface area contributed by atoms with Crippen molar-refractivity contribution < 1.29 is 22.2 Å². The predicted molar refractivity (Wildman–Crippen MR) is 146 cm³/mol. The molecule has 0 bridgehead atoms. The molecule has 0 atom stereocenters. The van der Waals surface area contributed by atoms with E-state index in [1.807, 2.05) is 0 Å². The van der Waals surface area contributed by atoms with Crippen LogP contribution in [0.2, 0.25) is 0 Å². The van der Waals surface area contributed by atoms with E-state index in [9.17, 15) is 18.0 Å². The largest absolute Gasteiger partial charge is 0.379 e. The van der Waals surface area contributed by atoms with Gasteiger partial charge in [0.2, 0.25) is 0 Å². The fourth-order valence-corrected chi connectivity index (χ4v) is 7.26. The Morgan fingerprint density at radius 2 is 1.29 bits per heavy atom. The number of Topliss-reactive ketones (excluding diaryl/α,β-unsaturated/α-hetero) is 2. The Labute approximate surface area is 225 Å². The van der Waals surface area contributed by atoms with Gasteiger partial charge in [-0.05, 0) is 48.8 Å². The van der Waals surface area contributed by atoms with Crippen molar-refractivity contribution in [2.45, 2.75) is 71.1 Å². The molecular weight excluding hydrogens is 498 g/mol. The first-order valence-electron chi connectivity index (χ1n) is 13.2. The van der Waals surface area contributed by atoms with E-state index in [0.717, 1.165) is 11.4 Å². The van der Waals surface area contributed by atoms with Crippen molar-refractivity contribution in [2.24, 2.45) is 10.8 Å². The predicted octanol–water partition coefficient (Wildman–Crippen LogP) is 6.16. The van der Waals surface area contributed by atoms with Crippen molar-refractivity contribution in [1.82, 2.24) is 4.90 Å². The molecule has 3 aliphatic rings. The zero-order valence-corrected chi connectivity index (χ0v) is 23.5. The second-order valence-electron chi connectivity index (χ2n) is 12.2. The van der Waals surface area contributed by atoms with Crippen LogP contribution in [-0.2, 0) is 19.7 Å². The zero-order chi connectivity index (χ0) is 27.5. The molecule has 1 aliphatic heterocycles. The number of carbonyl (C=O) groups is 2. The Morgan fingerprint density at radius 1 is 0.789 bits per heavy atom. The van der Waals surface area contributed by atoms with Crippen LogP contribution in [0.25, 0.3) is 0 Å². The number of nitrogens with zero attached hydrogens (tertiary/aromatic N) is 1. The third-order valence-electron chi connectivity index (χ3n) is 7.80. The third kappa shape index (κ3) is 4.62. The van der Waals surface area contributed by atoms with E-state index in [2.05, 4.69) is 39.5 Å². The van der Waals surface area contributed by atoms with Crippen molar-refractivity contribution in [3.63, 3.8) is 0 Å². The van der Waals surface area contributed by atoms with Gasteiger partial charge in [0, 0.05) is 53.4 Å². The molecule has 7 heteroatoms. The highest BCUT2D eigenvalue weighted by molar-refractivity contribution is 7.87. The Balaban J connectivity index is 1.73. The van der Waals surface area contributed by atoms with Gasteiger partial charge in [0.05, 0.1) is 0 Å². The maximum absolute atomic E-state index is 13.8. The molecule has 5 rings (SSSR count). The number of ketones is 2. The second-order valence-corrected chi connectivity index (χ2v) is 13.7. The Hall–Kier alpha value is -3.19. The first-order chi connectivity index (χ1) is 17.8. The maximum atomic E-state index is 13.8. The summed E-state index contributed by atoms with van der Waals surface area (Å²) < 4.78 is 32.2. The number of para-hydroxylation sites is 1. The van der Waals surface area contributed by atoms with Gasteiger partial charge in [-0.15, -0.1) is 0 Å². The molecule has 2 aromatic carbocycles. The minimum Gasteiger partial charge on any atom is -0.379 e. The number of hydrogen-bond acceptors (Lipinski definition) is 6. The second kappa shape index (κ2) is 9.23. The molecule has 1 heterocycles. The van der Waals surface area contributed by atoms with E-state index >= 15 is 0 Å². The van der Waals surface area contributed by atoms with E-state index in [1.54, 1.807) is 42.5 Å². The summed E-state index contributed by atoms with van der Waals surface area (Å²) in [5, 5.41) is 0. The Kier molecular flexibility index (Phi) is 6.41. The fraction of sp³-hybridized carbons (Fsp3) is 0.419. The first kappa shape index (κ1) is 26.4. The summed E-state index contributed by atoms with van der Waals surface area (Å²) in [4.78, 5) is 29.9. The summed E-state index contributed by atoms with van der Waals surface area (Å²) >= 11 is 0. The highest BCUT2D eigenvalue weighted by atomic mass is 32.2. The molecule has 0 saturated heterocycles. The van der Waals surface area contributed by atoms with Crippen LogP contribution in [0.3, 0.4) is 0 Å². The van der Waals surface area contributed by atoms with Crippen LogP contribution in [0.4, 0.5) is 0 Å². The normalized spacial score (nSPS) is 21.3. The monoisotopic (exact) mass is 533 g/mol. The molecule has 0 amide bonds. The lowest BCUT2D eigenvalue weighted by Gasteiger charge is -2.49. The number of hydrogen-bond donors (Lipinski definition) is 0. The third-order valence-corrected chi connectivity index (χ3v) is 9.05. The summed E-state index contributed by atoms with van der Waals surface area (Å²) in [6.45, 7) is 11.1. The van der Waals surface area contributed by atoms with Gasteiger partial charge in [-0.3, -0.25) is 9.59 Å². The van der Waals surface area contributed by atoms with E-state index in [-0.39, 0.29) is 33.0 Å². The van der Waals surface area contributed by atoms with Crippen LogP contribution in [0, 0.1) is 10.8 Å². The molecule has 2 aliphatic carbocycles. The van der Waals surface area contributed by atoms with Gasteiger partial charge < -0.3 is 9.08 Å². The first-order valence-corrected chi connectivity index (χ1v) is 14.6. The fourth-order valence-electron chi connectivity index (χ4n) is 6.29. The summed E-state index contributed by atoms with van der Waals surface area (Å²) in [7, 11) is -4.13. The molecule has 0 aromatic heterocycles. The smallest absolute Gasteiger partial charge is 0.339 e. The summed E-state index contributed by atoms with van der Waals surface area (Å²) in [6, 6.07) is 14.9. The molecule has 0 radical (unpaired) electrons.